The first-order chi connectivity index (χ1) is 12.6. The van der Waals surface area contributed by atoms with Crippen LogP contribution in [0.4, 0.5) is 0 Å². The molecule has 6 heteroatoms. The third-order valence-corrected chi connectivity index (χ3v) is 4.01. The lowest BCUT2D eigenvalue weighted by molar-refractivity contribution is 0.407. The second kappa shape index (κ2) is 7.53. The monoisotopic (exact) mass is 346 g/mol. The summed E-state index contributed by atoms with van der Waals surface area (Å²) in [5.74, 6) is 1.07. The molecule has 0 aliphatic rings. The number of aliphatic hydroxyl groups is 1. The highest BCUT2D eigenvalue weighted by Crippen LogP contribution is 2.21. The van der Waals surface area contributed by atoms with Gasteiger partial charge in [0.2, 0.25) is 0 Å². The van der Waals surface area contributed by atoms with E-state index >= 15 is 0 Å². The molecule has 0 unspecified atom stereocenters. The number of nitriles is 1. The maximum Gasteiger partial charge on any atom is 0.155 e. The van der Waals surface area contributed by atoms with Gasteiger partial charge in [-0.1, -0.05) is 12.1 Å². The third-order valence-electron chi connectivity index (χ3n) is 4.01. The molecule has 0 spiro atoms. The molecule has 0 amide bonds. The summed E-state index contributed by atoms with van der Waals surface area (Å²) < 4.78 is 6.89. The quantitative estimate of drug-likeness (QED) is 0.435. The van der Waals surface area contributed by atoms with E-state index in [1.54, 1.807) is 17.9 Å². The number of aliphatic imine (C=N–C) groups is 1. The summed E-state index contributed by atoms with van der Waals surface area (Å²) in [6.07, 6.45) is 1.64. The van der Waals surface area contributed by atoms with E-state index in [0.29, 0.717) is 5.82 Å². The number of ether oxygens (including phenoxy) is 1. The first kappa shape index (κ1) is 17.2. The second-order valence-corrected chi connectivity index (χ2v) is 5.66. The summed E-state index contributed by atoms with van der Waals surface area (Å²) in [4.78, 5) is 8.66. The van der Waals surface area contributed by atoms with Crippen LogP contribution in [0.1, 0.15) is 11.4 Å². The zero-order valence-corrected chi connectivity index (χ0v) is 14.5. The molecule has 0 radical (unpaired) electrons. The average Bonchev–Trinajstić information content (AvgIpc) is 3.00. The second-order valence-electron chi connectivity index (χ2n) is 5.66. The molecule has 0 fully saturated rings. The van der Waals surface area contributed by atoms with Crippen LogP contribution >= 0.6 is 0 Å². The number of hydrogen-bond acceptors (Lipinski definition) is 5. The number of aliphatic hydroxyl groups excluding tert-OH is 1. The summed E-state index contributed by atoms with van der Waals surface area (Å²) in [7, 11) is 3.42. The van der Waals surface area contributed by atoms with E-state index in [1.807, 2.05) is 61.6 Å². The van der Waals surface area contributed by atoms with Crippen LogP contribution in [0.5, 0.6) is 5.75 Å². The van der Waals surface area contributed by atoms with Gasteiger partial charge >= 0.3 is 0 Å². The van der Waals surface area contributed by atoms with Crippen molar-refractivity contribution in [3.63, 3.8) is 0 Å². The van der Waals surface area contributed by atoms with Crippen LogP contribution < -0.4 is 4.74 Å². The minimum absolute atomic E-state index is 0.00186. The molecule has 3 rings (SSSR count). The maximum atomic E-state index is 10.3. The Morgan fingerprint density at radius 3 is 2.65 bits per heavy atom. The summed E-state index contributed by atoms with van der Waals surface area (Å²) in [6.45, 7) is -0.00186. The molecule has 0 atom stereocenters. The van der Waals surface area contributed by atoms with Gasteiger partial charge in [-0.25, -0.2) is 4.98 Å². The predicted molar refractivity (Wildman–Crippen MR) is 101 cm³/mol. The SMILES string of the molecule is COc1ccc(C=NC/C(O)=C(\C#N)c2nc3ccccc3n2C)cc1. The van der Waals surface area contributed by atoms with Gasteiger partial charge in [0.25, 0.3) is 0 Å². The van der Waals surface area contributed by atoms with E-state index in [9.17, 15) is 10.4 Å². The van der Waals surface area contributed by atoms with E-state index in [1.165, 1.54) is 0 Å². The van der Waals surface area contributed by atoms with Gasteiger partial charge in [-0.15, -0.1) is 0 Å². The fraction of sp³-hybridized carbons (Fsp3) is 0.150. The van der Waals surface area contributed by atoms with Crippen LogP contribution in [-0.4, -0.2) is 34.5 Å². The molecule has 6 nitrogen and oxygen atoms in total. The van der Waals surface area contributed by atoms with Crippen LogP contribution in [0.2, 0.25) is 0 Å². The molecule has 0 saturated carbocycles. The normalized spacial score (nSPS) is 12.2. The largest absolute Gasteiger partial charge is 0.509 e. The van der Waals surface area contributed by atoms with Gasteiger partial charge in [-0.3, -0.25) is 4.99 Å². The van der Waals surface area contributed by atoms with E-state index in [4.69, 9.17) is 4.74 Å². The number of allylic oxidation sites excluding steroid dienone is 1. The van der Waals surface area contributed by atoms with Gasteiger partial charge in [-0.05, 0) is 42.0 Å². The van der Waals surface area contributed by atoms with Crippen molar-refractivity contribution in [2.24, 2.45) is 12.0 Å². The molecular formula is C20H18N4O2. The van der Waals surface area contributed by atoms with Crippen molar-refractivity contribution in [1.29, 1.82) is 5.26 Å². The molecule has 0 saturated heterocycles. The van der Waals surface area contributed by atoms with Crippen molar-refractivity contribution >= 4 is 22.8 Å². The van der Waals surface area contributed by atoms with Gasteiger partial charge in [0, 0.05) is 13.3 Å². The summed E-state index contributed by atoms with van der Waals surface area (Å²) >= 11 is 0. The summed E-state index contributed by atoms with van der Waals surface area (Å²) in [5, 5.41) is 19.8. The average molecular weight is 346 g/mol. The predicted octanol–water partition coefficient (Wildman–Crippen LogP) is 3.49. The Hall–Kier alpha value is -3.59. The lowest BCUT2D eigenvalue weighted by Crippen LogP contribution is -2.01. The number of rotatable bonds is 5. The fourth-order valence-electron chi connectivity index (χ4n) is 2.62. The zero-order chi connectivity index (χ0) is 18.5. The smallest absolute Gasteiger partial charge is 0.155 e. The molecule has 2 aromatic carbocycles. The van der Waals surface area contributed by atoms with E-state index in [-0.39, 0.29) is 17.9 Å². The number of hydrogen-bond donors (Lipinski definition) is 1. The van der Waals surface area contributed by atoms with Gasteiger partial charge < -0.3 is 14.4 Å². The van der Waals surface area contributed by atoms with E-state index < -0.39 is 0 Å². The molecular weight excluding hydrogens is 328 g/mol. The third kappa shape index (κ3) is 3.42. The van der Waals surface area contributed by atoms with Crippen molar-refractivity contribution < 1.29 is 9.84 Å². The van der Waals surface area contributed by atoms with Crippen LogP contribution in [-0.2, 0) is 7.05 Å². The standard InChI is InChI=1S/C20H18N4O2/c1-24-18-6-4-3-5-17(18)23-20(24)16(11-21)19(25)13-22-12-14-7-9-15(26-2)10-8-14/h3-10,12,25H,13H2,1-2H3/b19-16-,22-12?. The Labute approximate surface area is 151 Å². The van der Waals surface area contributed by atoms with Crippen molar-refractivity contribution in [2.45, 2.75) is 0 Å². The molecule has 0 bridgehead atoms. The van der Waals surface area contributed by atoms with Gasteiger partial charge in [0.05, 0.1) is 24.7 Å². The number of aryl methyl sites for hydroxylation is 1. The lowest BCUT2D eigenvalue weighted by atomic mass is 10.2. The van der Waals surface area contributed by atoms with Gasteiger partial charge in [0.1, 0.15) is 23.2 Å². The molecule has 1 N–H and O–H groups in total. The Kier molecular flexibility index (Phi) is 4.99. The number of para-hydroxylation sites is 2. The Morgan fingerprint density at radius 1 is 1.27 bits per heavy atom. The topological polar surface area (TPSA) is 83.4 Å². The molecule has 26 heavy (non-hydrogen) atoms. The Morgan fingerprint density at radius 2 is 2.00 bits per heavy atom. The number of imidazole rings is 1. The first-order valence-corrected chi connectivity index (χ1v) is 8.02. The summed E-state index contributed by atoms with van der Waals surface area (Å²) in [6, 6.07) is 17.0. The molecule has 1 aromatic heterocycles. The van der Waals surface area contributed by atoms with Crippen LogP contribution in [0.15, 0.2) is 59.3 Å². The van der Waals surface area contributed by atoms with E-state index in [2.05, 4.69) is 9.98 Å². The zero-order valence-electron chi connectivity index (χ0n) is 14.5. The number of benzene rings is 2. The molecule has 0 aliphatic heterocycles. The number of fused-ring (bicyclic) bond motifs is 1. The van der Waals surface area contributed by atoms with Crippen LogP contribution in [0.25, 0.3) is 16.6 Å². The molecule has 3 aromatic rings. The number of methoxy groups -OCH3 is 1. The van der Waals surface area contributed by atoms with Gasteiger partial charge in [0.15, 0.2) is 5.82 Å². The maximum absolute atomic E-state index is 10.3. The highest BCUT2D eigenvalue weighted by atomic mass is 16.5. The Bertz CT molecular complexity index is 1020. The minimum Gasteiger partial charge on any atom is -0.509 e. The molecule has 130 valence electrons. The van der Waals surface area contributed by atoms with Crippen LogP contribution in [0, 0.1) is 11.3 Å². The highest BCUT2D eigenvalue weighted by Gasteiger charge is 2.15. The first-order valence-electron chi connectivity index (χ1n) is 8.02. The number of nitrogens with zero attached hydrogens (tertiary/aromatic N) is 4. The van der Waals surface area contributed by atoms with Crippen molar-refractivity contribution in [3.05, 3.63) is 65.7 Å². The van der Waals surface area contributed by atoms with Crippen molar-refractivity contribution in [1.82, 2.24) is 9.55 Å². The Balaban J connectivity index is 1.85. The molecule has 0 aliphatic carbocycles. The minimum atomic E-state index is -0.115. The van der Waals surface area contributed by atoms with Crippen molar-refractivity contribution in [2.75, 3.05) is 13.7 Å². The lowest BCUT2D eigenvalue weighted by Gasteiger charge is -2.03. The van der Waals surface area contributed by atoms with E-state index in [0.717, 1.165) is 22.3 Å². The van der Waals surface area contributed by atoms with Crippen LogP contribution in [0.3, 0.4) is 0 Å². The summed E-state index contributed by atoms with van der Waals surface area (Å²) in [5.41, 5.74) is 2.66. The fourth-order valence-corrected chi connectivity index (χ4v) is 2.62. The highest BCUT2D eigenvalue weighted by molar-refractivity contribution is 5.84. The van der Waals surface area contributed by atoms with Crippen molar-refractivity contribution in [3.8, 4) is 11.8 Å². The molecule has 1 heterocycles. The number of aromatic nitrogens is 2. The van der Waals surface area contributed by atoms with Gasteiger partial charge in [-0.2, -0.15) is 5.26 Å².